The second-order valence-corrected chi connectivity index (χ2v) is 5.01. The van der Waals surface area contributed by atoms with Crippen LogP contribution < -0.4 is 15.6 Å². The van der Waals surface area contributed by atoms with Gasteiger partial charge in [-0.05, 0) is 24.6 Å². The molecule has 0 saturated heterocycles. The normalized spacial score (nSPS) is 10.3. The van der Waals surface area contributed by atoms with E-state index in [1.807, 2.05) is 48.5 Å². The first-order chi connectivity index (χ1) is 10.4. The zero-order valence-corrected chi connectivity index (χ0v) is 12.6. The summed E-state index contributed by atoms with van der Waals surface area (Å²) in [5, 5.41) is 0. The first-order valence-electron chi connectivity index (χ1n) is 7.65. The van der Waals surface area contributed by atoms with Gasteiger partial charge in [0, 0.05) is 17.8 Å². The summed E-state index contributed by atoms with van der Waals surface area (Å²) >= 11 is 0. The molecule has 21 heavy (non-hydrogen) atoms. The molecule has 2 rings (SSSR count). The van der Waals surface area contributed by atoms with Crippen molar-refractivity contribution in [1.29, 1.82) is 0 Å². The van der Waals surface area contributed by atoms with Crippen molar-refractivity contribution in [2.24, 2.45) is 0 Å². The minimum atomic E-state index is 0.721. The fraction of sp³-hybridized carbons (Fsp3) is 0.333. The molecule has 0 saturated carbocycles. The van der Waals surface area contributed by atoms with E-state index in [1.165, 1.54) is 12.8 Å². The highest BCUT2D eigenvalue weighted by Crippen LogP contribution is 2.18. The molecule has 2 aromatic carbocycles. The number of rotatable bonds is 9. The van der Waals surface area contributed by atoms with Crippen LogP contribution >= 0.6 is 0 Å². The summed E-state index contributed by atoms with van der Waals surface area (Å²) in [4.78, 5) is 0. The van der Waals surface area contributed by atoms with Gasteiger partial charge in [0.2, 0.25) is 0 Å². The van der Waals surface area contributed by atoms with Crippen molar-refractivity contribution in [3.05, 3.63) is 60.2 Å². The lowest BCUT2D eigenvalue weighted by Gasteiger charge is -2.13. The SMILES string of the molecule is CCCCCOc1ccccc1CNNc1ccccc1. The number of hydrogen-bond donors (Lipinski definition) is 2. The summed E-state index contributed by atoms with van der Waals surface area (Å²) in [7, 11) is 0. The monoisotopic (exact) mass is 284 g/mol. The number of benzene rings is 2. The van der Waals surface area contributed by atoms with Gasteiger partial charge in [-0.25, -0.2) is 5.43 Å². The molecule has 0 radical (unpaired) electrons. The molecule has 0 spiro atoms. The van der Waals surface area contributed by atoms with Crippen LogP contribution in [0.2, 0.25) is 0 Å². The van der Waals surface area contributed by atoms with Crippen molar-refractivity contribution in [2.45, 2.75) is 32.7 Å². The quantitative estimate of drug-likeness (QED) is 0.530. The van der Waals surface area contributed by atoms with Crippen molar-refractivity contribution in [2.75, 3.05) is 12.0 Å². The number of nitrogens with one attached hydrogen (secondary N) is 2. The number of ether oxygens (including phenoxy) is 1. The molecule has 0 unspecified atom stereocenters. The fourth-order valence-electron chi connectivity index (χ4n) is 2.09. The molecule has 0 bridgehead atoms. The Morgan fingerprint density at radius 1 is 0.905 bits per heavy atom. The van der Waals surface area contributed by atoms with Crippen LogP contribution in [0.25, 0.3) is 0 Å². The van der Waals surface area contributed by atoms with Crippen molar-refractivity contribution in [3.8, 4) is 5.75 Å². The van der Waals surface area contributed by atoms with Gasteiger partial charge in [-0.3, -0.25) is 0 Å². The van der Waals surface area contributed by atoms with E-state index in [0.29, 0.717) is 0 Å². The van der Waals surface area contributed by atoms with Crippen LogP contribution in [0.1, 0.15) is 31.7 Å². The summed E-state index contributed by atoms with van der Waals surface area (Å²) in [5.41, 5.74) is 8.64. The molecule has 0 aliphatic carbocycles. The van der Waals surface area contributed by atoms with Crippen molar-refractivity contribution >= 4 is 5.69 Å². The zero-order chi connectivity index (χ0) is 14.8. The number of para-hydroxylation sites is 2. The summed E-state index contributed by atoms with van der Waals surface area (Å²) in [6, 6.07) is 18.3. The van der Waals surface area contributed by atoms with E-state index in [-0.39, 0.29) is 0 Å². The van der Waals surface area contributed by atoms with Crippen LogP contribution in [0, 0.1) is 0 Å². The number of hydrazine groups is 1. The lowest BCUT2D eigenvalue weighted by molar-refractivity contribution is 0.303. The summed E-state index contributed by atoms with van der Waals surface area (Å²) in [6.07, 6.45) is 3.55. The topological polar surface area (TPSA) is 33.3 Å². The fourth-order valence-corrected chi connectivity index (χ4v) is 2.09. The van der Waals surface area contributed by atoms with Crippen LogP contribution in [-0.2, 0) is 6.54 Å². The third kappa shape index (κ3) is 5.48. The molecule has 0 heterocycles. The van der Waals surface area contributed by atoms with Gasteiger partial charge in [0.05, 0.1) is 6.61 Å². The van der Waals surface area contributed by atoms with Crippen molar-refractivity contribution in [3.63, 3.8) is 0 Å². The van der Waals surface area contributed by atoms with Crippen molar-refractivity contribution < 1.29 is 4.74 Å². The largest absolute Gasteiger partial charge is 0.493 e. The number of anilines is 1. The van der Waals surface area contributed by atoms with E-state index in [1.54, 1.807) is 0 Å². The molecule has 2 N–H and O–H groups in total. The molecule has 0 aliphatic heterocycles. The van der Waals surface area contributed by atoms with Gasteiger partial charge in [0.25, 0.3) is 0 Å². The van der Waals surface area contributed by atoms with Crippen LogP contribution in [0.5, 0.6) is 5.75 Å². The highest BCUT2D eigenvalue weighted by atomic mass is 16.5. The van der Waals surface area contributed by atoms with E-state index >= 15 is 0 Å². The zero-order valence-electron chi connectivity index (χ0n) is 12.6. The minimum Gasteiger partial charge on any atom is -0.493 e. The van der Waals surface area contributed by atoms with E-state index in [9.17, 15) is 0 Å². The minimum absolute atomic E-state index is 0.721. The molecular weight excluding hydrogens is 260 g/mol. The van der Waals surface area contributed by atoms with Crippen molar-refractivity contribution in [1.82, 2.24) is 5.43 Å². The Morgan fingerprint density at radius 2 is 1.67 bits per heavy atom. The predicted octanol–water partition coefficient (Wildman–Crippen LogP) is 4.37. The highest BCUT2D eigenvalue weighted by Gasteiger charge is 2.02. The van der Waals surface area contributed by atoms with Gasteiger partial charge in [-0.2, -0.15) is 0 Å². The molecule has 0 fully saturated rings. The summed E-state index contributed by atoms with van der Waals surface area (Å²) in [6.45, 7) is 3.71. The predicted molar refractivity (Wildman–Crippen MR) is 88.4 cm³/mol. The van der Waals surface area contributed by atoms with Gasteiger partial charge < -0.3 is 10.2 Å². The molecule has 0 aliphatic rings. The van der Waals surface area contributed by atoms with E-state index in [2.05, 4.69) is 23.8 Å². The second kappa shape index (κ2) is 9.03. The maximum atomic E-state index is 5.87. The van der Waals surface area contributed by atoms with Crippen LogP contribution in [0.3, 0.4) is 0 Å². The molecule has 3 heteroatoms. The maximum absolute atomic E-state index is 5.87. The standard InChI is InChI=1S/C18H24N2O/c1-2-3-9-14-21-18-13-8-7-10-16(18)15-19-20-17-11-5-4-6-12-17/h4-8,10-13,19-20H,2-3,9,14-15H2,1H3. The summed E-state index contributed by atoms with van der Waals surface area (Å²) < 4.78 is 5.87. The van der Waals surface area contributed by atoms with Gasteiger partial charge in [0.1, 0.15) is 5.75 Å². The molecule has 3 nitrogen and oxygen atoms in total. The van der Waals surface area contributed by atoms with Gasteiger partial charge in [-0.15, -0.1) is 0 Å². The van der Waals surface area contributed by atoms with Gasteiger partial charge in [-0.1, -0.05) is 56.2 Å². The highest BCUT2D eigenvalue weighted by molar-refractivity contribution is 5.41. The molecule has 0 amide bonds. The third-order valence-corrected chi connectivity index (χ3v) is 3.26. The molecule has 0 aromatic heterocycles. The van der Waals surface area contributed by atoms with E-state index in [0.717, 1.165) is 36.6 Å². The molecule has 0 atom stereocenters. The smallest absolute Gasteiger partial charge is 0.123 e. The third-order valence-electron chi connectivity index (χ3n) is 3.26. The van der Waals surface area contributed by atoms with Gasteiger partial charge >= 0.3 is 0 Å². The van der Waals surface area contributed by atoms with E-state index < -0.39 is 0 Å². The lowest BCUT2D eigenvalue weighted by Crippen LogP contribution is -2.21. The average Bonchev–Trinajstić information content (AvgIpc) is 2.54. The van der Waals surface area contributed by atoms with Gasteiger partial charge in [0.15, 0.2) is 0 Å². The number of unbranched alkanes of at least 4 members (excludes halogenated alkanes) is 2. The van der Waals surface area contributed by atoms with Crippen LogP contribution in [-0.4, -0.2) is 6.61 Å². The first kappa shape index (κ1) is 15.4. The Bertz CT molecular complexity index is 514. The maximum Gasteiger partial charge on any atom is 0.123 e. The number of hydrogen-bond acceptors (Lipinski definition) is 3. The second-order valence-electron chi connectivity index (χ2n) is 5.01. The van der Waals surface area contributed by atoms with E-state index in [4.69, 9.17) is 4.74 Å². The Hall–Kier alpha value is -2.00. The van der Waals surface area contributed by atoms with Crippen LogP contribution in [0.4, 0.5) is 5.69 Å². The Labute approximate surface area is 127 Å². The Kier molecular flexibility index (Phi) is 6.62. The Morgan fingerprint density at radius 3 is 2.48 bits per heavy atom. The average molecular weight is 284 g/mol. The Balaban J connectivity index is 1.82. The molecule has 112 valence electrons. The summed E-state index contributed by atoms with van der Waals surface area (Å²) in [5.74, 6) is 0.968. The molecular formula is C18H24N2O. The first-order valence-corrected chi connectivity index (χ1v) is 7.65. The molecule has 2 aromatic rings. The van der Waals surface area contributed by atoms with Crippen LogP contribution in [0.15, 0.2) is 54.6 Å². The lowest BCUT2D eigenvalue weighted by atomic mass is 10.2.